The largest absolute Gasteiger partial charge is 0.344 e. The summed E-state index contributed by atoms with van der Waals surface area (Å²) in [6, 6.07) is 1.59. The van der Waals surface area contributed by atoms with Crippen molar-refractivity contribution < 1.29 is 13.2 Å². The average molecular weight is 433 g/mol. The van der Waals surface area contributed by atoms with E-state index in [1.165, 1.54) is 29.6 Å². The Morgan fingerprint density at radius 2 is 1.90 bits per heavy atom. The number of sulfone groups is 1. The number of aromatic nitrogens is 5. The van der Waals surface area contributed by atoms with E-state index in [4.69, 9.17) is 0 Å². The molecule has 3 aromatic heterocycles. The molecule has 0 spiro atoms. The Morgan fingerprint density at radius 1 is 1.20 bits per heavy atom. The molecule has 11 heteroatoms. The van der Waals surface area contributed by atoms with Gasteiger partial charge in [0.15, 0.2) is 26.8 Å². The van der Waals surface area contributed by atoms with Crippen molar-refractivity contribution in [1.82, 2.24) is 23.3 Å². The summed E-state index contributed by atoms with van der Waals surface area (Å²) in [4.78, 5) is 41.9. The van der Waals surface area contributed by atoms with E-state index >= 15 is 0 Å². The van der Waals surface area contributed by atoms with Crippen LogP contribution in [0, 0.1) is 13.8 Å². The smallest absolute Gasteiger partial charge is 0.332 e. The van der Waals surface area contributed by atoms with Crippen LogP contribution in [0.3, 0.4) is 0 Å². The van der Waals surface area contributed by atoms with Gasteiger partial charge in [0.1, 0.15) is 0 Å². The number of rotatable bonds is 4. The standard InChI is InChI=1S/C19H23N5O5S/c1-11-7-14(12(2)24(11)13-5-6-30(28,29)9-13)15(25)8-23-10-20-17-16(23)18(26)22(4)19(27)21(17)3/h7,10,13H,5-6,8-9H2,1-4H3/t13-/m1/s1. The molecular weight excluding hydrogens is 410 g/mol. The number of hydrogen-bond donors (Lipinski definition) is 0. The van der Waals surface area contributed by atoms with E-state index in [1.54, 1.807) is 13.0 Å². The fourth-order valence-corrected chi connectivity index (χ4v) is 6.06. The van der Waals surface area contributed by atoms with Crippen LogP contribution in [-0.4, -0.2) is 49.0 Å². The molecule has 4 rings (SSSR count). The van der Waals surface area contributed by atoms with Gasteiger partial charge in [-0.25, -0.2) is 18.2 Å². The highest BCUT2D eigenvalue weighted by molar-refractivity contribution is 7.91. The first kappa shape index (κ1) is 20.3. The van der Waals surface area contributed by atoms with Gasteiger partial charge in [0.2, 0.25) is 0 Å². The maximum Gasteiger partial charge on any atom is 0.332 e. The second-order valence-electron chi connectivity index (χ2n) is 7.89. The fraction of sp³-hybridized carbons (Fsp3) is 0.474. The summed E-state index contributed by atoms with van der Waals surface area (Å²) in [5.74, 6) is 0.0132. The van der Waals surface area contributed by atoms with Gasteiger partial charge in [0, 0.05) is 37.1 Å². The van der Waals surface area contributed by atoms with Crippen LogP contribution in [0.2, 0.25) is 0 Å². The maximum absolute atomic E-state index is 13.1. The Hall–Kier alpha value is -2.95. The predicted molar refractivity (Wildman–Crippen MR) is 111 cm³/mol. The van der Waals surface area contributed by atoms with Crippen molar-refractivity contribution in [3.05, 3.63) is 50.2 Å². The highest BCUT2D eigenvalue weighted by Crippen LogP contribution is 2.29. The molecule has 10 nitrogen and oxygen atoms in total. The Morgan fingerprint density at radius 3 is 2.53 bits per heavy atom. The van der Waals surface area contributed by atoms with Gasteiger partial charge in [-0.05, 0) is 26.3 Å². The zero-order valence-corrected chi connectivity index (χ0v) is 18.1. The van der Waals surface area contributed by atoms with Crippen LogP contribution >= 0.6 is 0 Å². The number of Topliss-reactive ketones (excluding diaryl/α,β-unsaturated/α-hetero) is 1. The van der Waals surface area contributed by atoms with Crippen molar-refractivity contribution in [2.75, 3.05) is 11.5 Å². The zero-order valence-electron chi connectivity index (χ0n) is 17.2. The van der Waals surface area contributed by atoms with Crippen molar-refractivity contribution in [3.8, 4) is 0 Å². The maximum atomic E-state index is 13.1. The minimum absolute atomic E-state index is 0.0766. The zero-order chi connectivity index (χ0) is 22.0. The average Bonchev–Trinajstić information content (AvgIpc) is 3.33. The van der Waals surface area contributed by atoms with Crippen molar-refractivity contribution >= 4 is 26.8 Å². The van der Waals surface area contributed by atoms with E-state index in [-0.39, 0.29) is 41.0 Å². The first-order chi connectivity index (χ1) is 14.0. The van der Waals surface area contributed by atoms with E-state index < -0.39 is 21.1 Å². The van der Waals surface area contributed by atoms with E-state index in [9.17, 15) is 22.8 Å². The lowest BCUT2D eigenvalue weighted by molar-refractivity contribution is 0.0972. The molecule has 0 N–H and O–H groups in total. The SMILES string of the molecule is Cc1cc(C(=O)Cn2cnc3c2c(=O)n(C)c(=O)n3C)c(C)n1[C@@H]1CCS(=O)(=O)C1. The molecule has 160 valence electrons. The molecular formula is C19H23N5O5S. The molecule has 1 atom stereocenters. The summed E-state index contributed by atoms with van der Waals surface area (Å²) in [5, 5.41) is 0. The molecule has 0 aliphatic carbocycles. The predicted octanol–water partition coefficient (Wildman–Crippen LogP) is 0.0945. The van der Waals surface area contributed by atoms with Gasteiger partial charge in [0.05, 0.1) is 24.4 Å². The third-order valence-corrected chi connectivity index (χ3v) is 7.64. The molecule has 1 aliphatic heterocycles. The highest BCUT2D eigenvalue weighted by atomic mass is 32.2. The van der Waals surface area contributed by atoms with Crippen LogP contribution < -0.4 is 11.2 Å². The van der Waals surface area contributed by atoms with Crippen LogP contribution in [-0.2, 0) is 30.5 Å². The number of fused-ring (bicyclic) bond motifs is 1. The second-order valence-corrected chi connectivity index (χ2v) is 10.1. The van der Waals surface area contributed by atoms with Crippen LogP contribution in [0.4, 0.5) is 0 Å². The molecule has 0 bridgehead atoms. The number of imidazole rings is 1. The summed E-state index contributed by atoms with van der Waals surface area (Å²) in [7, 11) is -0.151. The molecule has 1 saturated heterocycles. The van der Waals surface area contributed by atoms with E-state index in [0.29, 0.717) is 17.7 Å². The van der Waals surface area contributed by atoms with Gasteiger partial charge >= 0.3 is 5.69 Å². The Kier molecular flexibility index (Phi) is 4.60. The van der Waals surface area contributed by atoms with Crippen molar-refractivity contribution in [2.24, 2.45) is 14.1 Å². The van der Waals surface area contributed by atoms with Crippen LogP contribution in [0.5, 0.6) is 0 Å². The van der Waals surface area contributed by atoms with Crippen molar-refractivity contribution in [3.63, 3.8) is 0 Å². The molecule has 0 unspecified atom stereocenters. The normalized spacial score (nSPS) is 18.3. The molecule has 1 fully saturated rings. The number of hydrogen-bond acceptors (Lipinski definition) is 6. The summed E-state index contributed by atoms with van der Waals surface area (Å²) >= 11 is 0. The second kappa shape index (κ2) is 6.79. The van der Waals surface area contributed by atoms with E-state index in [0.717, 1.165) is 10.3 Å². The van der Waals surface area contributed by atoms with Crippen LogP contribution in [0.25, 0.3) is 11.2 Å². The fourth-order valence-electron chi connectivity index (χ4n) is 4.36. The quantitative estimate of drug-likeness (QED) is 0.539. The van der Waals surface area contributed by atoms with Gasteiger partial charge in [-0.1, -0.05) is 0 Å². The monoisotopic (exact) mass is 433 g/mol. The first-order valence-electron chi connectivity index (χ1n) is 9.54. The lowest BCUT2D eigenvalue weighted by atomic mass is 10.1. The molecule has 30 heavy (non-hydrogen) atoms. The number of aryl methyl sites for hydroxylation is 2. The topological polar surface area (TPSA) is 118 Å². The lowest BCUT2D eigenvalue weighted by Gasteiger charge is -2.16. The van der Waals surface area contributed by atoms with Crippen molar-refractivity contribution in [2.45, 2.75) is 32.9 Å². The Bertz CT molecular complexity index is 1420. The minimum Gasteiger partial charge on any atom is -0.344 e. The number of carbonyl (C=O) groups is 1. The molecule has 0 radical (unpaired) electrons. The summed E-state index contributed by atoms with van der Waals surface area (Å²) in [6.07, 6.45) is 1.91. The van der Waals surface area contributed by atoms with Crippen LogP contribution in [0.1, 0.15) is 34.2 Å². The Labute approximate surface area is 172 Å². The van der Waals surface area contributed by atoms with Gasteiger partial charge in [0.25, 0.3) is 5.56 Å². The summed E-state index contributed by atoms with van der Waals surface area (Å²) < 4.78 is 29.4. The Balaban J connectivity index is 1.72. The summed E-state index contributed by atoms with van der Waals surface area (Å²) in [5.41, 5.74) is 1.43. The summed E-state index contributed by atoms with van der Waals surface area (Å²) in [6.45, 7) is 3.55. The van der Waals surface area contributed by atoms with Gasteiger partial charge in [-0.2, -0.15) is 0 Å². The van der Waals surface area contributed by atoms with Gasteiger partial charge < -0.3 is 9.13 Å². The molecule has 4 heterocycles. The number of carbonyl (C=O) groups excluding carboxylic acids is 1. The van der Waals surface area contributed by atoms with Crippen LogP contribution in [0.15, 0.2) is 22.0 Å². The highest BCUT2D eigenvalue weighted by Gasteiger charge is 2.31. The minimum atomic E-state index is -3.05. The number of ketones is 1. The first-order valence-corrected chi connectivity index (χ1v) is 11.4. The van der Waals surface area contributed by atoms with Gasteiger partial charge in [-0.15, -0.1) is 0 Å². The van der Waals surface area contributed by atoms with Gasteiger partial charge in [-0.3, -0.25) is 18.7 Å². The lowest BCUT2D eigenvalue weighted by Crippen LogP contribution is -2.37. The van der Waals surface area contributed by atoms with Crippen molar-refractivity contribution in [1.29, 1.82) is 0 Å². The molecule has 0 saturated carbocycles. The third-order valence-electron chi connectivity index (χ3n) is 5.89. The molecule has 0 amide bonds. The van der Waals surface area contributed by atoms with E-state index in [2.05, 4.69) is 4.98 Å². The molecule has 1 aliphatic rings. The molecule has 0 aromatic carbocycles. The number of nitrogens with zero attached hydrogens (tertiary/aromatic N) is 5. The molecule has 3 aromatic rings. The third kappa shape index (κ3) is 3.04. The van der Waals surface area contributed by atoms with E-state index in [1.807, 2.05) is 11.5 Å².